The Morgan fingerprint density at radius 3 is 2.35 bits per heavy atom. The fourth-order valence-corrected chi connectivity index (χ4v) is 11.0. The summed E-state index contributed by atoms with van der Waals surface area (Å²) in [5.74, 6) is -2.10. The minimum atomic E-state index is -1.82. The van der Waals surface area contributed by atoms with Gasteiger partial charge in [0.2, 0.25) is 0 Å². The molecule has 14 nitrogen and oxygen atoms in total. The molecule has 6 aliphatic heterocycles. The molecule has 0 aromatic carbocycles. The molecule has 20 atom stereocenters. The number of methoxy groups -OCH3 is 2. The molecule has 1 spiro atoms. The highest BCUT2D eigenvalue weighted by molar-refractivity contribution is 5.78. The van der Waals surface area contributed by atoms with Gasteiger partial charge in [-0.25, -0.2) is 0 Å². The van der Waals surface area contributed by atoms with E-state index in [0.717, 1.165) is 18.4 Å². The van der Waals surface area contributed by atoms with Gasteiger partial charge in [0.15, 0.2) is 18.4 Å². The highest BCUT2D eigenvalue weighted by Gasteiger charge is 2.60. The average Bonchev–Trinajstić information content (AvgIpc) is 3.58. The Hall–Kier alpha value is -2.05. The van der Waals surface area contributed by atoms with Gasteiger partial charge in [-0.15, -0.1) is 0 Å². The predicted molar refractivity (Wildman–Crippen MR) is 227 cm³/mol. The van der Waals surface area contributed by atoms with Gasteiger partial charge in [-0.3, -0.25) is 4.79 Å². The molecule has 0 amide bonds. The Bertz CT molecular complexity index is 1680. The molecule has 3 N–H and O–H groups in total. The Kier molecular flexibility index (Phi) is 15.3. The summed E-state index contributed by atoms with van der Waals surface area (Å²) in [6.45, 7) is 16.3. The fourth-order valence-electron chi connectivity index (χ4n) is 11.0. The molecule has 7 aliphatic rings. The van der Waals surface area contributed by atoms with Crippen molar-refractivity contribution >= 4 is 5.97 Å². The topological polar surface area (TPSA) is 170 Å². The summed E-state index contributed by atoms with van der Waals surface area (Å²) < 4.78 is 63.9. The normalized spacial score (nSPS) is 49.4. The molecule has 5 unspecified atom stereocenters. The van der Waals surface area contributed by atoms with E-state index in [-0.39, 0.29) is 30.8 Å². The zero-order chi connectivity index (χ0) is 44.7. The molecule has 0 aromatic heterocycles. The van der Waals surface area contributed by atoms with Crippen LogP contribution in [0, 0.1) is 23.7 Å². The summed E-state index contributed by atoms with van der Waals surface area (Å²) in [6.07, 6.45) is 6.53. The lowest BCUT2D eigenvalue weighted by atomic mass is 9.71. The first kappa shape index (κ1) is 47.9. The van der Waals surface area contributed by atoms with Crippen molar-refractivity contribution in [3.63, 3.8) is 0 Å². The number of hydrogen-bond donors (Lipinski definition) is 3. The summed E-state index contributed by atoms with van der Waals surface area (Å²) in [7, 11) is 3.23. The van der Waals surface area contributed by atoms with Crippen LogP contribution in [0.4, 0.5) is 0 Å². The molecule has 5 saturated heterocycles. The lowest BCUT2D eigenvalue weighted by Gasteiger charge is -2.51. The molecule has 0 aromatic rings. The van der Waals surface area contributed by atoms with Crippen molar-refractivity contribution in [1.29, 1.82) is 0 Å². The molecule has 0 radical (unpaired) electrons. The molecule has 14 heteroatoms. The number of fused-ring (bicyclic) bond motifs is 2. The molecule has 0 saturated carbocycles. The van der Waals surface area contributed by atoms with Crippen LogP contribution in [-0.4, -0.2) is 139 Å². The average molecular weight is 875 g/mol. The van der Waals surface area contributed by atoms with Crippen molar-refractivity contribution in [2.24, 2.45) is 23.7 Å². The number of ether oxygens (including phenoxy) is 10. The predicted octanol–water partition coefficient (Wildman–Crippen LogP) is 5.60. The van der Waals surface area contributed by atoms with E-state index >= 15 is 0 Å². The second kappa shape index (κ2) is 19.8. The van der Waals surface area contributed by atoms with Crippen LogP contribution < -0.4 is 0 Å². The maximum absolute atomic E-state index is 14.4. The highest BCUT2D eigenvalue weighted by atomic mass is 16.7. The molecule has 62 heavy (non-hydrogen) atoms. The van der Waals surface area contributed by atoms with Gasteiger partial charge in [0.05, 0.1) is 49.3 Å². The Morgan fingerprint density at radius 1 is 0.919 bits per heavy atom. The second-order valence-electron chi connectivity index (χ2n) is 19.4. The quantitative estimate of drug-likeness (QED) is 0.204. The van der Waals surface area contributed by atoms with Gasteiger partial charge >= 0.3 is 5.97 Å². The van der Waals surface area contributed by atoms with Crippen molar-refractivity contribution in [2.75, 3.05) is 20.8 Å². The molecular formula is C48H74O14. The summed E-state index contributed by atoms with van der Waals surface area (Å²) in [6, 6.07) is 0. The number of rotatable bonds is 8. The maximum atomic E-state index is 14.4. The van der Waals surface area contributed by atoms with E-state index in [9.17, 15) is 20.1 Å². The van der Waals surface area contributed by atoms with E-state index in [1.807, 2.05) is 19.1 Å². The summed E-state index contributed by atoms with van der Waals surface area (Å²) in [5.41, 5.74) is 0.188. The minimum absolute atomic E-state index is 0.00708. The third-order valence-electron chi connectivity index (χ3n) is 14.9. The van der Waals surface area contributed by atoms with E-state index in [1.54, 1.807) is 40.2 Å². The minimum Gasteiger partial charge on any atom is -0.462 e. The number of aliphatic hydroxyl groups excluding tert-OH is 2. The standard InChI is InChI=1S/C48H74O14/c1-11-25(2)43-28(5)17-18-47(62-43)23-34-20-33(61-47)16-15-27(4)42(26(3)13-12-14-32-24-55-45-40(49)29(6)19-35(46(51)58-34)48(32,45)52)59-39-22-37(54-10)44(31(8)57-39)60-38-21-36(53-9)41(50)30(7)56-38/h12-15,19,25-26,28,30-31,33-45,49-50,52H,11,16-18,20-24H2,1-10H3/b13-12+,27-15-,32-14-/t25-,26+,28+,30+,31+,33?,34?,35?,36+,37+,38+,39+,40-,41+,42+,43?,44+,45?,47-,48+/m1/s1. The van der Waals surface area contributed by atoms with Gasteiger partial charge in [-0.05, 0) is 69.1 Å². The number of carbonyl (C=O) groups excluding carboxylic acids is 1. The van der Waals surface area contributed by atoms with Crippen LogP contribution in [0.5, 0.6) is 0 Å². The Morgan fingerprint density at radius 2 is 1.63 bits per heavy atom. The van der Waals surface area contributed by atoms with Gasteiger partial charge < -0.3 is 62.7 Å². The van der Waals surface area contributed by atoms with Gasteiger partial charge in [0.1, 0.15) is 42.0 Å². The summed E-state index contributed by atoms with van der Waals surface area (Å²) in [5, 5.41) is 34.2. The van der Waals surface area contributed by atoms with Crippen LogP contribution in [-0.2, 0) is 52.2 Å². The van der Waals surface area contributed by atoms with E-state index in [0.29, 0.717) is 61.5 Å². The van der Waals surface area contributed by atoms with E-state index < -0.39 is 90.8 Å². The Labute approximate surface area is 368 Å². The van der Waals surface area contributed by atoms with Crippen LogP contribution in [0.1, 0.15) is 107 Å². The number of hydrogen-bond acceptors (Lipinski definition) is 14. The zero-order valence-corrected chi connectivity index (χ0v) is 38.5. The van der Waals surface area contributed by atoms with Gasteiger partial charge in [0.25, 0.3) is 0 Å². The van der Waals surface area contributed by atoms with Crippen molar-refractivity contribution < 1.29 is 67.5 Å². The third kappa shape index (κ3) is 9.73. The first-order valence-electron chi connectivity index (χ1n) is 23.2. The Balaban J connectivity index is 1.18. The molecule has 7 rings (SSSR count). The smallest absolute Gasteiger partial charge is 0.316 e. The van der Waals surface area contributed by atoms with Crippen molar-refractivity contribution in [1.82, 2.24) is 0 Å². The van der Waals surface area contributed by atoms with Crippen LogP contribution >= 0.6 is 0 Å². The number of carbonyl (C=O) groups is 1. The molecule has 2 bridgehead atoms. The van der Waals surface area contributed by atoms with E-state index in [2.05, 4.69) is 40.7 Å². The van der Waals surface area contributed by atoms with Gasteiger partial charge in [0, 0.05) is 52.2 Å². The van der Waals surface area contributed by atoms with E-state index in [4.69, 9.17) is 47.4 Å². The van der Waals surface area contributed by atoms with Crippen LogP contribution in [0.15, 0.2) is 47.1 Å². The molecule has 5 fully saturated rings. The third-order valence-corrected chi connectivity index (χ3v) is 14.9. The maximum Gasteiger partial charge on any atom is 0.316 e. The molecule has 6 heterocycles. The number of esters is 1. The van der Waals surface area contributed by atoms with Gasteiger partial charge in [-0.2, -0.15) is 0 Å². The summed E-state index contributed by atoms with van der Waals surface area (Å²) >= 11 is 0. The second-order valence-corrected chi connectivity index (χ2v) is 19.4. The van der Waals surface area contributed by atoms with Crippen LogP contribution in [0.25, 0.3) is 0 Å². The van der Waals surface area contributed by atoms with E-state index in [1.165, 1.54) is 0 Å². The lowest BCUT2D eigenvalue weighted by molar-refractivity contribution is -0.340. The fraction of sp³-hybridized carbons (Fsp3) is 0.812. The molecule has 350 valence electrons. The SMILES string of the molecule is CC[C@@H](C)C1O[C@]2(CC[C@@H]1C)CC1CC(C/C=C(/C)[C@@H](O[C@H]3C[C@H](OC)[C@@H](O[C@H]4C[C@H](OC)[C@@H](O)[C@H](C)O4)[C@H](C)O3)[C@@H](C)/C=C/C=C3/COC4[C@H](O)C(C)=CC(C(=O)O1)[C@@]34O)O2. The summed E-state index contributed by atoms with van der Waals surface area (Å²) in [4.78, 5) is 14.4. The first-order valence-corrected chi connectivity index (χ1v) is 23.2. The highest BCUT2D eigenvalue weighted by Crippen LogP contribution is 2.48. The number of aliphatic hydroxyl groups is 3. The van der Waals surface area contributed by atoms with Gasteiger partial charge in [-0.1, -0.05) is 64.5 Å². The van der Waals surface area contributed by atoms with Crippen LogP contribution in [0.2, 0.25) is 0 Å². The number of allylic oxidation sites excluding steroid dienone is 2. The molecule has 1 aliphatic carbocycles. The van der Waals surface area contributed by atoms with Crippen molar-refractivity contribution in [3.05, 3.63) is 47.1 Å². The first-order chi connectivity index (χ1) is 29.5. The lowest BCUT2D eigenvalue weighted by Crippen LogP contribution is -2.58. The zero-order valence-electron chi connectivity index (χ0n) is 38.5. The van der Waals surface area contributed by atoms with Crippen LogP contribution in [0.3, 0.4) is 0 Å². The van der Waals surface area contributed by atoms with Crippen molar-refractivity contribution in [2.45, 2.75) is 204 Å². The molecular weight excluding hydrogens is 801 g/mol. The van der Waals surface area contributed by atoms with Crippen molar-refractivity contribution in [3.8, 4) is 0 Å². The monoisotopic (exact) mass is 875 g/mol. The largest absolute Gasteiger partial charge is 0.462 e.